The van der Waals surface area contributed by atoms with Gasteiger partial charge >= 0.3 is 0 Å². The number of nitro groups is 1. The lowest BCUT2D eigenvalue weighted by atomic mass is 10.1. The molecule has 4 nitrogen and oxygen atoms in total. The van der Waals surface area contributed by atoms with E-state index in [1.54, 1.807) is 18.0 Å². The first-order valence-corrected chi connectivity index (χ1v) is 7.53. The van der Waals surface area contributed by atoms with Gasteiger partial charge in [0.25, 0.3) is 5.70 Å². The maximum atomic E-state index is 11.3. The zero-order valence-corrected chi connectivity index (χ0v) is 11.9. The summed E-state index contributed by atoms with van der Waals surface area (Å²) in [7, 11) is 0. The van der Waals surface area contributed by atoms with Gasteiger partial charge in [-0.25, -0.2) is 0 Å². The van der Waals surface area contributed by atoms with Crippen LogP contribution in [0.4, 0.5) is 0 Å². The van der Waals surface area contributed by atoms with Gasteiger partial charge in [0.05, 0.1) is 16.7 Å². The van der Waals surface area contributed by atoms with E-state index in [1.807, 2.05) is 29.2 Å². The molecule has 0 radical (unpaired) electrons. The maximum absolute atomic E-state index is 11.3. The van der Waals surface area contributed by atoms with Crippen LogP contribution >= 0.6 is 11.8 Å². The molecule has 0 spiro atoms. The minimum absolute atomic E-state index is 0.207. The van der Waals surface area contributed by atoms with E-state index in [0.717, 1.165) is 42.1 Å². The van der Waals surface area contributed by atoms with E-state index in [2.05, 4.69) is 6.92 Å². The summed E-state index contributed by atoms with van der Waals surface area (Å²) in [5, 5.41) is 11.3. The summed E-state index contributed by atoms with van der Waals surface area (Å²) in [5.41, 5.74) is 0.935. The SMILES string of the molecule is CCSc1ccccc1/C(=C\N1CCCC1)[N+](=O)[O-]. The fourth-order valence-corrected chi connectivity index (χ4v) is 3.03. The molecule has 2 rings (SSSR count). The number of thioether (sulfide) groups is 1. The van der Waals surface area contributed by atoms with Crippen LogP contribution < -0.4 is 0 Å². The monoisotopic (exact) mass is 278 g/mol. The molecule has 1 fully saturated rings. The lowest BCUT2D eigenvalue weighted by Gasteiger charge is -2.12. The highest BCUT2D eigenvalue weighted by Gasteiger charge is 2.20. The molecular weight excluding hydrogens is 260 g/mol. The summed E-state index contributed by atoms with van der Waals surface area (Å²) >= 11 is 1.64. The lowest BCUT2D eigenvalue weighted by molar-refractivity contribution is -0.376. The highest BCUT2D eigenvalue weighted by atomic mass is 32.2. The number of hydrogen-bond acceptors (Lipinski definition) is 4. The van der Waals surface area contributed by atoms with Crippen LogP contribution in [0.1, 0.15) is 25.3 Å². The summed E-state index contributed by atoms with van der Waals surface area (Å²) < 4.78 is 0. The van der Waals surface area contributed by atoms with Crippen molar-refractivity contribution in [2.45, 2.75) is 24.7 Å². The third-order valence-corrected chi connectivity index (χ3v) is 4.06. The van der Waals surface area contributed by atoms with E-state index in [9.17, 15) is 10.1 Å². The first-order valence-electron chi connectivity index (χ1n) is 6.55. The standard InChI is InChI=1S/C14H18N2O2S/c1-2-19-14-8-4-3-7-12(14)13(16(17)18)11-15-9-5-6-10-15/h3-4,7-8,11H,2,5-6,9-10H2,1H3/b13-11+. The van der Waals surface area contributed by atoms with Crippen molar-refractivity contribution in [3.63, 3.8) is 0 Å². The fourth-order valence-electron chi connectivity index (χ4n) is 2.22. The highest BCUT2D eigenvalue weighted by molar-refractivity contribution is 7.99. The Morgan fingerprint density at radius 3 is 2.74 bits per heavy atom. The first-order chi connectivity index (χ1) is 9.22. The van der Waals surface area contributed by atoms with Gasteiger partial charge in [-0.3, -0.25) is 10.1 Å². The van der Waals surface area contributed by atoms with Gasteiger partial charge in [-0.15, -0.1) is 11.8 Å². The molecule has 1 aromatic carbocycles. The predicted molar refractivity (Wildman–Crippen MR) is 78.6 cm³/mol. The highest BCUT2D eigenvalue weighted by Crippen LogP contribution is 2.29. The molecular formula is C14H18N2O2S. The summed E-state index contributed by atoms with van der Waals surface area (Å²) in [6.07, 6.45) is 3.95. The number of nitrogens with zero attached hydrogens (tertiary/aromatic N) is 2. The number of rotatable bonds is 5. The number of hydrogen-bond donors (Lipinski definition) is 0. The number of benzene rings is 1. The summed E-state index contributed by atoms with van der Waals surface area (Å²) in [6, 6.07) is 7.57. The normalized spacial score (nSPS) is 15.8. The van der Waals surface area contributed by atoms with Crippen molar-refractivity contribution in [1.29, 1.82) is 0 Å². The van der Waals surface area contributed by atoms with Gasteiger partial charge < -0.3 is 4.90 Å². The Morgan fingerprint density at radius 2 is 2.11 bits per heavy atom. The Balaban J connectivity index is 2.35. The minimum atomic E-state index is -0.270. The van der Waals surface area contributed by atoms with Gasteiger partial charge in [-0.2, -0.15) is 0 Å². The van der Waals surface area contributed by atoms with Gasteiger partial charge in [0.2, 0.25) is 0 Å². The van der Waals surface area contributed by atoms with Crippen LogP contribution in [0.3, 0.4) is 0 Å². The smallest absolute Gasteiger partial charge is 0.293 e. The molecule has 19 heavy (non-hydrogen) atoms. The summed E-state index contributed by atoms with van der Waals surface area (Å²) in [4.78, 5) is 14.1. The van der Waals surface area contributed by atoms with Crippen molar-refractivity contribution in [1.82, 2.24) is 4.90 Å². The Morgan fingerprint density at radius 1 is 1.42 bits per heavy atom. The topological polar surface area (TPSA) is 46.4 Å². The molecule has 1 aliphatic heterocycles. The Hall–Kier alpha value is -1.49. The van der Waals surface area contributed by atoms with E-state index < -0.39 is 0 Å². The molecule has 1 saturated heterocycles. The Bertz CT molecular complexity index is 482. The minimum Gasteiger partial charge on any atom is -0.372 e. The molecule has 0 atom stereocenters. The molecule has 102 valence electrons. The van der Waals surface area contributed by atoms with E-state index in [-0.39, 0.29) is 10.6 Å². The molecule has 1 aliphatic rings. The largest absolute Gasteiger partial charge is 0.372 e. The molecule has 0 N–H and O–H groups in total. The van der Waals surface area contributed by atoms with Crippen LogP contribution in [0.15, 0.2) is 35.4 Å². The zero-order chi connectivity index (χ0) is 13.7. The van der Waals surface area contributed by atoms with Gasteiger partial charge in [-0.05, 0) is 30.7 Å². The van der Waals surface area contributed by atoms with Crippen molar-refractivity contribution in [2.75, 3.05) is 18.8 Å². The van der Waals surface area contributed by atoms with E-state index >= 15 is 0 Å². The van der Waals surface area contributed by atoms with E-state index in [1.165, 1.54) is 0 Å². The molecule has 1 aromatic rings. The first kappa shape index (κ1) is 13.9. The summed E-state index contributed by atoms with van der Waals surface area (Å²) in [6.45, 7) is 3.89. The molecule has 0 unspecified atom stereocenters. The van der Waals surface area contributed by atoms with Gasteiger partial charge in [0.1, 0.15) is 0 Å². The van der Waals surface area contributed by atoms with Gasteiger partial charge in [0.15, 0.2) is 0 Å². The second-order valence-corrected chi connectivity index (χ2v) is 5.75. The zero-order valence-electron chi connectivity index (χ0n) is 11.0. The van der Waals surface area contributed by atoms with Crippen molar-refractivity contribution in [2.24, 2.45) is 0 Å². The summed E-state index contributed by atoms with van der Waals surface area (Å²) in [5.74, 6) is 0.908. The predicted octanol–water partition coefficient (Wildman–Crippen LogP) is 3.47. The van der Waals surface area contributed by atoms with Crippen LogP contribution in [0.2, 0.25) is 0 Å². The van der Waals surface area contributed by atoms with Crippen molar-refractivity contribution in [3.05, 3.63) is 46.1 Å². The molecule has 0 bridgehead atoms. The molecule has 0 saturated carbocycles. The van der Waals surface area contributed by atoms with Crippen LogP contribution in [0.5, 0.6) is 0 Å². The average molecular weight is 278 g/mol. The quantitative estimate of drug-likeness (QED) is 0.470. The van der Waals surface area contributed by atoms with Gasteiger partial charge in [-0.1, -0.05) is 19.1 Å². The van der Waals surface area contributed by atoms with Crippen molar-refractivity contribution in [3.8, 4) is 0 Å². The second-order valence-electron chi connectivity index (χ2n) is 4.44. The van der Waals surface area contributed by atoms with Crippen LogP contribution in [0.25, 0.3) is 5.70 Å². The maximum Gasteiger partial charge on any atom is 0.293 e. The van der Waals surface area contributed by atoms with Crippen molar-refractivity contribution < 1.29 is 4.92 Å². The molecule has 0 aliphatic carbocycles. The Kier molecular flexibility index (Phi) is 4.85. The fraction of sp³-hybridized carbons (Fsp3) is 0.429. The van der Waals surface area contributed by atoms with Crippen molar-refractivity contribution >= 4 is 17.5 Å². The van der Waals surface area contributed by atoms with Gasteiger partial charge in [0, 0.05) is 18.0 Å². The third-order valence-electron chi connectivity index (χ3n) is 3.11. The molecule has 5 heteroatoms. The van der Waals surface area contributed by atoms with Crippen LogP contribution in [-0.2, 0) is 0 Å². The Labute approximate surface area is 117 Å². The van der Waals surface area contributed by atoms with E-state index in [0.29, 0.717) is 0 Å². The molecule has 0 amide bonds. The third kappa shape index (κ3) is 3.50. The average Bonchev–Trinajstić information content (AvgIpc) is 2.90. The van der Waals surface area contributed by atoms with E-state index in [4.69, 9.17) is 0 Å². The van der Waals surface area contributed by atoms with Crippen LogP contribution in [-0.4, -0.2) is 28.7 Å². The van der Waals surface area contributed by atoms with Crippen LogP contribution in [0, 0.1) is 10.1 Å². The molecule has 1 heterocycles. The lowest BCUT2D eigenvalue weighted by Crippen LogP contribution is -2.14. The second kappa shape index (κ2) is 6.61. The number of likely N-dealkylation sites (tertiary alicyclic amines) is 1. The molecule has 0 aromatic heterocycles.